The zero-order valence-electron chi connectivity index (χ0n) is 4.87. The molecule has 8 heavy (non-hydrogen) atoms. The monoisotopic (exact) mass is 218 g/mol. The quantitative estimate of drug-likeness (QED) is 0.626. The Labute approximate surface area is 68.7 Å². The number of rotatable bonds is 2. The highest BCUT2D eigenvalue weighted by Gasteiger charge is 2.15. The minimum absolute atomic E-state index is 0.214. The average molecular weight is 220 g/mol. The lowest BCUT2D eigenvalue weighted by molar-refractivity contribution is 0.640. The van der Waals surface area contributed by atoms with Crippen LogP contribution in [0.5, 0.6) is 0 Å². The Balaban J connectivity index is 3.46. The molecular formula is C5H9BrCl2. The van der Waals surface area contributed by atoms with E-state index in [0.29, 0.717) is 5.92 Å². The topological polar surface area (TPSA) is 0 Å². The van der Waals surface area contributed by atoms with Gasteiger partial charge in [0.1, 0.15) is 4.84 Å². The third-order valence-corrected chi connectivity index (χ3v) is 3.62. The Morgan fingerprint density at radius 3 is 1.62 bits per heavy atom. The standard InChI is InChI=1S/C5H9BrCl2/c1-3(2)4(6)5(7)8/h3-5H,1-2H3. The molecule has 0 heterocycles. The normalized spacial score (nSPS) is 15.4. The van der Waals surface area contributed by atoms with Gasteiger partial charge < -0.3 is 0 Å². The van der Waals surface area contributed by atoms with Gasteiger partial charge in [-0.25, -0.2) is 0 Å². The van der Waals surface area contributed by atoms with Crippen molar-refractivity contribution in [3.63, 3.8) is 0 Å². The van der Waals surface area contributed by atoms with Crippen molar-refractivity contribution in [2.24, 2.45) is 5.92 Å². The maximum absolute atomic E-state index is 5.54. The van der Waals surface area contributed by atoms with Gasteiger partial charge in [-0.2, -0.15) is 0 Å². The first-order valence-corrected chi connectivity index (χ1v) is 4.26. The molecule has 0 N–H and O–H groups in total. The molecule has 0 bridgehead atoms. The van der Waals surface area contributed by atoms with Crippen LogP contribution in [0.3, 0.4) is 0 Å². The van der Waals surface area contributed by atoms with Crippen molar-refractivity contribution >= 4 is 39.1 Å². The summed E-state index contributed by atoms with van der Waals surface area (Å²) in [5, 5.41) is 0. The van der Waals surface area contributed by atoms with Crippen LogP contribution in [0.25, 0.3) is 0 Å². The molecule has 0 aromatic rings. The zero-order chi connectivity index (χ0) is 6.73. The van der Waals surface area contributed by atoms with Crippen LogP contribution in [-0.2, 0) is 0 Å². The van der Waals surface area contributed by atoms with Crippen molar-refractivity contribution in [3.8, 4) is 0 Å². The maximum Gasteiger partial charge on any atom is 0.120 e. The fourth-order valence-electron chi connectivity index (χ4n) is 0.291. The van der Waals surface area contributed by atoms with Gasteiger partial charge in [-0.3, -0.25) is 0 Å². The molecular weight excluding hydrogens is 211 g/mol. The van der Waals surface area contributed by atoms with Gasteiger partial charge >= 0.3 is 0 Å². The first-order valence-electron chi connectivity index (χ1n) is 2.48. The van der Waals surface area contributed by atoms with Gasteiger partial charge in [-0.05, 0) is 5.92 Å². The minimum atomic E-state index is -0.296. The second-order valence-electron chi connectivity index (χ2n) is 2.02. The van der Waals surface area contributed by atoms with E-state index in [-0.39, 0.29) is 9.66 Å². The zero-order valence-corrected chi connectivity index (χ0v) is 7.96. The Morgan fingerprint density at radius 1 is 1.25 bits per heavy atom. The van der Waals surface area contributed by atoms with E-state index < -0.39 is 0 Å². The first kappa shape index (κ1) is 9.06. The summed E-state index contributed by atoms with van der Waals surface area (Å²) in [6.07, 6.45) is 0. The molecule has 0 aromatic carbocycles. The van der Waals surface area contributed by atoms with Crippen molar-refractivity contribution in [2.75, 3.05) is 0 Å². The van der Waals surface area contributed by atoms with Crippen LogP contribution in [0.2, 0.25) is 0 Å². The molecule has 0 saturated heterocycles. The maximum atomic E-state index is 5.54. The minimum Gasteiger partial charge on any atom is -0.104 e. The van der Waals surface area contributed by atoms with Gasteiger partial charge in [0.2, 0.25) is 0 Å². The van der Waals surface area contributed by atoms with Gasteiger partial charge in [-0.1, -0.05) is 29.8 Å². The number of hydrogen-bond acceptors (Lipinski definition) is 0. The van der Waals surface area contributed by atoms with Crippen molar-refractivity contribution in [2.45, 2.75) is 23.5 Å². The molecule has 0 fully saturated rings. The summed E-state index contributed by atoms with van der Waals surface area (Å²) in [4.78, 5) is -0.0826. The van der Waals surface area contributed by atoms with E-state index in [0.717, 1.165) is 0 Å². The summed E-state index contributed by atoms with van der Waals surface area (Å²) in [5.74, 6) is 0.495. The summed E-state index contributed by atoms with van der Waals surface area (Å²) in [5.41, 5.74) is 0. The van der Waals surface area contributed by atoms with Crippen molar-refractivity contribution in [1.29, 1.82) is 0 Å². The van der Waals surface area contributed by atoms with E-state index in [4.69, 9.17) is 23.2 Å². The summed E-state index contributed by atoms with van der Waals surface area (Å²) in [7, 11) is 0. The first-order chi connectivity index (χ1) is 3.55. The highest BCUT2D eigenvalue weighted by Crippen LogP contribution is 2.22. The van der Waals surface area contributed by atoms with Gasteiger partial charge in [-0.15, -0.1) is 23.2 Å². The average Bonchev–Trinajstić information content (AvgIpc) is 1.64. The predicted octanol–water partition coefficient (Wildman–Crippen LogP) is 3.21. The van der Waals surface area contributed by atoms with Crippen LogP contribution < -0.4 is 0 Å². The molecule has 0 aliphatic carbocycles. The second-order valence-corrected chi connectivity index (χ2v) is 4.24. The summed E-state index contributed by atoms with van der Waals surface area (Å²) < 4.78 is 0. The summed E-state index contributed by atoms with van der Waals surface area (Å²) >= 11 is 14.4. The lowest BCUT2D eigenvalue weighted by atomic mass is 10.2. The molecule has 0 amide bonds. The third kappa shape index (κ3) is 3.16. The van der Waals surface area contributed by atoms with Crippen LogP contribution in [0, 0.1) is 5.92 Å². The van der Waals surface area contributed by atoms with E-state index >= 15 is 0 Å². The highest BCUT2D eigenvalue weighted by molar-refractivity contribution is 9.09. The van der Waals surface area contributed by atoms with E-state index in [2.05, 4.69) is 29.8 Å². The molecule has 0 aliphatic heterocycles. The van der Waals surface area contributed by atoms with Crippen molar-refractivity contribution in [3.05, 3.63) is 0 Å². The molecule has 0 spiro atoms. The van der Waals surface area contributed by atoms with Gasteiger partial charge in [0.15, 0.2) is 0 Å². The largest absolute Gasteiger partial charge is 0.120 e. The Morgan fingerprint density at radius 2 is 1.62 bits per heavy atom. The SMILES string of the molecule is CC(C)C(Br)C(Cl)Cl. The van der Waals surface area contributed by atoms with E-state index in [1.165, 1.54) is 0 Å². The molecule has 0 radical (unpaired) electrons. The molecule has 0 saturated carbocycles. The van der Waals surface area contributed by atoms with Crippen LogP contribution >= 0.6 is 39.1 Å². The van der Waals surface area contributed by atoms with Crippen molar-refractivity contribution in [1.82, 2.24) is 0 Å². The predicted molar refractivity (Wildman–Crippen MR) is 43.0 cm³/mol. The fraction of sp³-hybridized carbons (Fsp3) is 1.00. The lowest BCUT2D eigenvalue weighted by Gasteiger charge is -2.13. The third-order valence-electron chi connectivity index (χ3n) is 0.878. The summed E-state index contributed by atoms with van der Waals surface area (Å²) in [6, 6.07) is 0. The van der Waals surface area contributed by atoms with Gasteiger partial charge in [0, 0.05) is 4.83 Å². The molecule has 1 atom stereocenters. The van der Waals surface area contributed by atoms with Crippen LogP contribution in [-0.4, -0.2) is 9.66 Å². The van der Waals surface area contributed by atoms with Crippen LogP contribution in [0.15, 0.2) is 0 Å². The number of alkyl halides is 3. The second kappa shape index (κ2) is 3.97. The Hall–Kier alpha value is 1.06. The van der Waals surface area contributed by atoms with E-state index in [1.807, 2.05) is 0 Å². The molecule has 0 rings (SSSR count). The molecule has 0 aliphatic rings. The molecule has 1 unspecified atom stereocenters. The molecule has 0 aromatic heterocycles. The molecule has 3 heteroatoms. The molecule has 50 valence electrons. The number of halogens is 3. The van der Waals surface area contributed by atoms with E-state index in [9.17, 15) is 0 Å². The van der Waals surface area contributed by atoms with Crippen LogP contribution in [0.4, 0.5) is 0 Å². The lowest BCUT2D eigenvalue weighted by Crippen LogP contribution is -2.14. The fourth-order valence-corrected chi connectivity index (χ4v) is 0.873. The van der Waals surface area contributed by atoms with E-state index in [1.54, 1.807) is 0 Å². The molecule has 0 nitrogen and oxygen atoms in total. The Kier molecular flexibility index (Phi) is 4.50. The summed E-state index contributed by atoms with van der Waals surface area (Å²) in [6.45, 7) is 4.13. The van der Waals surface area contributed by atoms with Gasteiger partial charge in [0.05, 0.1) is 0 Å². The number of hydrogen-bond donors (Lipinski definition) is 0. The van der Waals surface area contributed by atoms with Crippen LogP contribution in [0.1, 0.15) is 13.8 Å². The highest BCUT2D eigenvalue weighted by atomic mass is 79.9. The van der Waals surface area contributed by atoms with Crippen molar-refractivity contribution < 1.29 is 0 Å². The smallest absolute Gasteiger partial charge is 0.104 e. The Bertz CT molecular complexity index is 55.4. The van der Waals surface area contributed by atoms with Gasteiger partial charge in [0.25, 0.3) is 0 Å².